The molecule has 0 saturated carbocycles. The van der Waals surface area contributed by atoms with Crippen LogP contribution in [-0.4, -0.2) is 36.4 Å². The third kappa shape index (κ3) is 6.64. The van der Waals surface area contributed by atoms with Crippen LogP contribution >= 0.6 is 23.2 Å². The monoisotopic (exact) mass is 450 g/mol. The summed E-state index contributed by atoms with van der Waals surface area (Å²) in [5, 5.41) is 3.85. The van der Waals surface area contributed by atoms with Crippen molar-refractivity contribution >= 4 is 35.0 Å². The van der Waals surface area contributed by atoms with E-state index in [1.54, 1.807) is 30.2 Å². The molecule has 0 radical (unpaired) electrons. The molecule has 0 fully saturated rings. The van der Waals surface area contributed by atoms with Crippen molar-refractivity contribution in [2.45, 2.75) is 45.7 Å². The lowest BCUT2D eigenvalue weighted by Gasteiger charge is -2.31. The topological polar surface area (TPSA) is 58.6 Å². The highest BCUT2D eigenvalue weighted by Gasteiger charge is 2.28. The van der Waals surface area contributed by atoms with E-state index in [-0.39, 0.29) is 18.2 Å². The second-order valence-electron chi connectivity index (χ2n) is 7.00. The molecule has 0 bridgehead atoms. The molecule has 7 heteroatoms. The summed E-state index contributed by atoms with van der Waals surface area (Å²) in [6.45, 7) is 4.78. The molecule has 2 rings (SSSR count). The second kappa shape index (κ2) is 11.8. The highest BCUT2D eigenvalue weighted by atomic mass is 35.5. The molecule has 30 heavy (non-hydrogen) atoms. The molecular formula is C23H28Cl2N2O3. The lowest BCUT2D eigenvalue weighted by Crippen LogP contribution is -2.49. The largest absolute Gasteiger partial charge is 0.497 e. The van der Waals surface area contributed by atoms with Gasteiger partial charge in [0.1, 0.15) is 11.8 Å². The Bertz CT molecular complexity index is 856. The highest BCUT2D eigenvalue weighted by Crippen LogP contribution is 2.23. The average Bonchev–Trinajstić information content (AvgIpc) is 2.74. The van der Waals surface area contributed by atoms with Gasteiger partial charge in [-0.05, 0) is 48.2 Å². The number of nitrogens with zero attached hydrogens (tertiary/aromatic N) is 1. The summed E-state index contributed by atoms with van der Waals surface area (Å²) in [6, 6.07) is 12.0. The maximum Gasteiger partial charge on any atom is 0.242 e. The first-order valence-electron chi connectivity index (χ1n) is 10.0. The number of amides is 2. The van der Waals surface area contributed by atoms with Crippen LogP contribution in [0.1, 0.15) is 37.8 Å². The standard InChI is InChI=1S/C23H28Cl2N2O3/c1-4-12-26-23(29)21(5-2)27(15-16-6-10-19(30-3)11-7-16)22(28)13-17-8-9-18(24)14-20(17)25/h6-11,14,21H,4-5,12-13,15H2,1-3H3,(H,26,29)/t21-/m1/s1. The van der Waals surface area contributed by atoms with Crippen LogP contribution in [0, 0.1) is 0 Å². The molecule has 1 atom stereocenters. The number of nitrogens with one attached hydrogen (secondary N) is 1. The summed E-state index contributed by atoms with van der Waals surface area (Å²) < 4.78 is 5.20. The number of carbonyl (C=O) groups excluding carboxylic acids is 2. The first-order chi connectivity index (χ1) is 14.4. The van der Waals surface area contributed by atoms with E-state index in [0.717, 1.165) is 17.7 Å². The molecule has 0 saturated heterocycles. The molecule has 0 aliphatic carbocycles. The van der Waals surface area contributed by atoms with Crippen molar-refractivity contribution in [3.05, 3.63) is 63.6 Å². The van der Waals surface area contributed by atoms with Gasteiger partial charge in [0.05, 0.1) is 13.5 Å². The van der Waals surface area contributed by atoms with E-state index >= 15 is 0 Å². The molecular weight excluding hydrogens is 423 g/mol. The van der Waals surface area contributed by atoms with Gasteiger partial charge >= 0.3 is 0 Å². The number of rotatable bonds is 10. The molecule has 5 nitrogen and oxygen atoms in total. The molecule has 0 spiro atoms. The minimum absolute atomic E-state index is 0.0870. The Morgan fingerprint density at radius 1 is 1.10 bits per heavy atom. The summed E-state index contributed by atoms with van der Waals surface area (Å²) in [5.41, 5.74) is 1.59. The van der Waals surface area contributed by atoms with E-state index in [9.17, 15) is 9.59 Å². The fourth-order valence-electron chi connectivity index (χ4n) is 3.14. The molecule has 2 aromatic rings. The van der Waals surface area contributed by atoms with Gasteiger partial charge in [0.15, 0.2) is 0 Å². The van der Waals surface area contributed by atoms with E-state index in [2.05, 4.69) is 5.32 Å². The average molecular weight is 451 g/mol. The Morgan fingerprint density at radius 3 is 2.37 bits per heavy atom. The van der Waals surface area contributed by atoms with Crippen LogP contribution in [0.2, 0.25) is 10.0 Å². The molecule has 0 aromatic heterocycles. The van der Waals surface area contributed by atoms with Crippen molar-refractivity contribution < 1.29 is 14.3 Å². The van der Waals surface area contributed by atoms with Gasteiger partial charge in [-0.25, -0.2) is 0 Å². The van der Waals surface area contributed by atoms with E-state index in [4.69, 9.17) is 27.9 Å². The van der Waals surface area contributed by atoms with Gasteiger partial charge in [0.2, 0.25) is 11.8 Å². The molecule has 0 aliphatic heterocycles. The van der Waals surface area contributed by atoms with Crippen molar-refractivity contribution in [2.24, 2.45) is 0 Å². The predicted molar refractivity (Wildman–Crippen MR) is 121 cm³/mol. The second-order valence-corrected chi connectivity index (χ2v) is 7.84. The van der Waals surface area contributed by atoms with E-state index in [1.807, 2.05) is 38.1 Å². The quantitative estimate of drug-likeness (QED) is 0.560. The first-order valence-corrected chi connectivity index (χ1v) is 10.8. The smallest absolute Gasteiger partial charge is 0.242 e. The SMILES string of the molecule is CCCNC(=O)[C@@H](CC)N(Cc1ccc(OC)cc1)C(=O)Cc1ccc(Cl)cc1Cl. The molecule has 1 N–H and O–H groups in total. The zero-order valence-corrected chi connectivity index (χ0v) is 19.1. The summed E-state index contributed by atoms with van der Waals surface area (Å²) in [5.74, 6) is 0.411. The summed E-state index contributed by atoms with van der Waals surface area (Å²) >= 11 is 12.2. The normalized spacial score (nSPS) is 11.6. The third-order valence-corrected chi connectivity index (χ3v) is 5.39. The number of carbonyl (C=O) groups is 2. The number of ether oxygens (including phenoxy) is 1. The number of hydrogen-bond donors (Lipinski definition) is 1. The summed E-state index contributed by atoms with van der Waals surface area (Å²) in [7, 11) is 1.60. The molecule has 162 valence electrons. The number of methoxy groups -OCH3 is 1. The molecule has 0 unspecified atom stereocenters. The Hall–Kier alpha value is -2.24. The Morgan fingerprint density at radius 2 is 1.80 bits per heavy atom. The minimum atomic E-state index is -0.572. The zero-order valence-electron chi connectivity index (χ0n) is 17.6. The van der Waals surface area contributed by atoms with Crippen LogP contribution in [0.25, 0.3) is 0 Å². The summed E-state index contributed by atoms with van der Waals surface area (Å²) in [6.07, 6.45) is 1.42. The zero-order chi connectivity index (χ0) is 22.1. The molecule has 0 aliphatic rings. The van der Waals surface area contributed by atoms with Gasteiger partial charge in [-0.15, -0.1) is 0 Å². The Labute approximate surface area is 188 Å². The maximum absolute atomic E-state index is 13.3. The van der Waals surface area contributed by atoms with Crippen molar-refractivity contribution in [2.75, 3.05) is 13.7 Å². The molecule has 2 aromatic carbocycles. The van der Waals surface area contributed by atoms with Crippen LogP contribution in [0.5, 0.6) is 5.75 Å². The van der Waals surface area contributed by atoms with E-state index in [1.165, 1.54) is 0 Å². The number of halogens is 2. The lowest BCUT2D eigenvalue weighted by molar-refractivity contribution is -0.140. The van der Waals surface area contributed by atoms with Crippen molar-refractivity contribution in [3.8, 4) is 5.75 Å². The Balaban J connectivity index is 2.29. The van der Waals surface area contributed by atoms with Crippen LogP contribution in [0.4, 0.5) is 0 Å². The summed E-state index contributed by atoms with van der Waals surface area (Å²) in [4.78, 5) is 27.7. The van der Waals surface area contributed by atoms with Crippen LogP contribution in [0.3, 0.4) is 0 Å². The number of benzene rings is 2. The molecule has 2 amide bonds. The molecule has 0 heterocycles. The van der Waals surface area contributed by atoms with Gasteiger partial charge in [-0.2, -0.15) is 0 Å². The maximum atomic E-state index is 13.3. The fourth-order valence-corrected chi connectivity index (χ4v) is 3.62. The van der Waals surface area contributed by atoms with Gasteiger partial charge in [0, 0.05) is 23.1 Å². The van der Waals surface area contributed by atoms with Gasteiger partial charge in [-0.3, -0.25) is 9.59 Å². The first kappa shape index (κ1) is 24.0. The van der Waals surface area contributed by atoms with Crippen molar-refractivity contribution in [1.82, 2.24) is 10.2 Å². The van der Waals surface area contributed by atoms with Crippen molar-refractivity contribution in [3.63, 3.8) is 0 Å². The van der Waals surface area contributed by atoms with Gasteiger partial charge in [0.25, 0.3) is 0 Å². The minimum Gasteiger partial charge on any atom is -0.497 e. The van der Waals surface area contributed by atoms with Crippen LogP contribution in [0.15, 0.2) is 42.5 Å². The third-order valence-electron chi connectivity index (χ3n) is 4.80. The van der Waals surface area contributed by atoms with Crippen LogP contribution < -0.4 is 10.1 Å². The van der Waals surface area contributed by atoms with Gasteiger partial charge in [-0.1, -0.05) is 55.2 Å². The van der Waals surface area contributed by atoms with Crippen LogP contribution in [-0.2, 0) is 22.6 Å². The number of hydrogen-bond acceptors (Lipinski definition) is 3. The van der Waals surface area contributed by atoms with E-state index < -0.39 is 6.04 Å². The fraction of sp³-hybridized carbons (Fsp3) is 0.391. The van der Waals surface area contributed by atoms with Crippen molar-refractivity contribution in [1.29, 1.82) is 0 Å². The van der Waals surface area contributed by atoms with E-state index in [0.29, 0.717) is 35.1 Å². The predicted octanol–water partition coefficient (Wildman–Crippen LogP) is 4.88. The van der Waals surface area contributed by atoms with Gasteiger partial charge < -0.3 is 15.0 Å². The lowest BCUT2D eigenvalue weighted by atomic mass is 10.1. The highest BCUT2D eigenvalue weighted by molar-refractivity contribution is 6.35. The Kier molecular flexibility index (Phi) is 9.47.